The van der Waals surface area contributed by atoms with Crippen LogP contribution in [0.25, 0.3) is 0 Å². The SMILES string of the molecule is CC(=O)N1CCC(C(C)(C)CCC(C)C2CCN(CC(F)(F)F)CC2)CC1. The average molecular weight is 391 g/mol. The maximum atomic E-state index is 12.5. The molecule has 0 saturated carbocycles. The molecule has 1 unspecified atom stereocenters. The molecular formula is C21H37F3N2O. The Morgan fingerprint density at radius 3 is 2.07 bits per heavy atom. The van der Waals surface area contributed by atoms with Crippen LogP contribution >= 0.6 is 0 Å². The van der Waals surface area contributed by atoms with Crippen molar-refractivity contribution < 1.29 is 18.0 Å². The highest BCUT2D eigenvalue weighted by atomic mass is 19.4. The maximum absolute atomic E-state index is 12.5. The van der Waals surface area contributed by atoms with E-state index in [4.69, 9.17) is 0 Å². The number of amides is 1. The Bertz CT molecular complexity index is 476. The Hall–Kier alpha value is -0.780. The quantitative estimate of drug-likeness (QED) is 0.640. The molecule has 158 valence electrons. The van der Waals surface area contributed by atoms with Crippen molar-refractivity contribution in [2.45, 2.75) is 72.4 Å². The number of rotatable bonds is 6. The number of piperidine rings is 2. The van der Waals surface area contributed by atoms with Gasteiger partial charge in [0.25, 0.3) is 0 Å². The number of hydrogen-bond acceptors (Lipinski definition) is 2. The largest absolute Gasteiger partial charge is 0.401 e. The smallest absolute Gasteiger partial charge is 0.343 e. The molecule has 0 N–H and O–H groups in total. The van der Waals surface area contributed by atoms with E-state index in [0.717, 1.165) is 51.6 Å². The second kappa shape index (κ2) is 9.15. The molecule has 2 aliphatic heterocycles. The van der Waals surface area contributed by atoms with Gasteiger partial charge in [0, 0.05) is 20.0 Å². The standard InChI is InChI=1S/C21H37F3N2O/c1-16(18-6-11-25(12-7-18)15-21(22,23)24)5-10-20(3,4)19-8-13-26(14-9-19)17(2)27/h16,18-19H,5-15H2,1-4H3. The number of hydrogen-bond donors (Lipinski definition) is 0. The van der Waals surface area contributed by atoms with E-state index in [2.05, 4.69) is 20.8 Å². The zero-order valence-electron chi connectivity index (χ0n) is 17.4. The summed E-state index contributed by atoms with van der Waals surface area (Å²) in [6.07, 6.45) is 2.14. The molecular weight excluding hydrogens is 353 g/mol. The summed E-state index contributed by atoms with van der Waals surface area (Å²) in [4.78, 5) is 15.0. The summed E-state index contributed by atoms with van der Waals surface area (Å²) in [7, 11) is 0. The Morgan fingerprint density at radius 1 is 1.04 bits per heavy atom. The summed E-state index contributed by atoms with van der Waals surface area (Å²) >= 11 is 0. The first-order valence-corrected chi connectivity index (χ1v) is 10.5. The number of nitrogens with zero attached hydrogens (tertiary/aromatic N) is 2. The monoisotopic (exact) mass is 390 g/mol. The molecule has 2 fully saturated rings. The van der Waals surface area contributed by atoms with Gasteiger partial charge in [0.2, 0.25) is 5.91 Å². The first-order chi connectivity index (χ1) is 12.5. The summed E-state index contributed by atoms with van der Waals surface area (Å²) in [5, 5.41) is 0. The zero-order valence-corrected chi connectivity index (χ0v) is 17.4. The molecule has 0 bridgehead atoms. The van der Waals surface area contributed by atoms with Crippen LogP contribution in [0.5, 0.6) is 0 Å². The van der Waals surface area contributed by atoms with Crippen LogP contribution in [0.4, 0.5) is 13.2 Å². The van der Waals surface area contributed by atoms with Crippen LogP contribution in [0.3, 0.4) is 0 Å². The Kier molecular flexibility index (Phi) is 7.62. The van der Waals surface area contributed by atoms with Gasteiger partial charge in [-0.25, -0.2) is 0 Å². The van der Waals surface area contributed by atoms with E-state index in [1.54, 1.807) is 11.8 Å². The molecule has 0 aliphatic carbocycles. The predicted molar refractivity (Wildman–Crippen MR) is 102 cm³/mol. The molecule has 2 rings (SSSR count). The van der Waals surface area contributed by atoms with Crippen LogP contribution in [0.2, 0.25) is 0 Å². The van der Waals surface area contributed by atoms with Crippen molar-refractivity contribution in [3.63, 3.8) is 0 Å². The van der Waals surface area contributed by atoms with Crippen molar-refractivity contribution in [2.24, 2.45) is 23.2 Å². The summed E-state index contributed by atoms with van der Waals surface area (Å²) in [6, 6.07) is 0. The van der Waals surface area contributed by atoms with Gasteiger partial charge < -0.3 is 4.90 Å². The van der Waals surface area contributed by atoms with Crippen LogP contribution in [0, 0.1) is 23.2 Å². The van der Waals surface area contributed by atoms with Crippen LogP contribution in [0.1, 0.15) is 66.2 Å². The third-order valence-electron chi connectivity index (χ3n) is 7.13. The van der Waals surface area contributed by atoms with Crippen molar-refractivity contribution in [2.75, 3.05) is 32.7 Å². The van der Waals surface area contributed by atoms with E-state index in [0.29, 0.717) is 30.8 Å². The molecule has 0 aromatic rings. The van der Waals surface area contributed by atoms with Crippen molar-refractivity contribution in [3.8, 4) is 0 Å². The molecule has 2 aliphatic rings. The minimum absolute atomic E-state index is 0.178. The van der Waals surface area contributed by atoms with Crippen LogP contribution in [-0.2, 0) is 4.79 Å². The fourth-order valence-corrected chi connectivity index (χ4v) is 4.95. The van der Waals surface area contributed by atoms with E-state index in [1.165, 1.54) is 0 Å². The minimum atomic E-state index is -4.08. The van der Waals surface area contributed by atoms with Gasteiger partial charge in [-0.2, -0.15) is 13.2 Å². The third-order valence-corrected chi connectivity index (χ3v) is 7.13. The highest BCUT2D eigenvalue weighted by Gasteiger charge is 2.35. The van der Waals surface area contributed by atoms with Gasteiger partial charge in [-0.3, -0.25) is 9.69 Å². The van der Waals surface area contributed by atoms with Crippen LogP contribution < -0.4 is 0 Å². The highest BCUT2D eigenvalue weighted by molar-refractivity contribution is 5.73. The second-order valence-corrected chi connectivity index (χ2v) is 9.51. The van der Waals surface area contributed by atoms with Gasteiger partial charge in [0.05, 0.1) is 6.54 Å². The minimum Gasteiger partial charge on any atom is -0.343 e. The topological polar surface area (TPSA) is 23.6 Å². The van der Waals surface area contributed by atoms with Gasteiger partial charge in [-0.05, 0) is 74.8 Å². The fourth-order valence-electron chi connectivity index (χ4n) is 4.95. The first kappa shape index (κ1) is 22.5. The summed E-state index contributed by atoms with van der Waals surface area (Å²) in [5.74, 6) is 1.94. The van der Waals surface area contributed by atoms with E-state index < -0.39 is 12.7 Å². The van der Waals surface area contributed by atoms with Gasteiger partial charge in [0.15, 0.2) is 0 Å². The second-order valence-electron chi connectivity index (χ2n) is 9.51. The first-order valence-electron chi connectivity index (χ1n) is 10.5. The number of likely N-dealkylation sites (tertiary alicyclic amines) is 2. The number of carbonyl (C=O) groups excluding carboxylic acids is 1. The normalized spacial score (nSPS) is 22.9. The average Bonchev–Trinajstić information content (AvgIpc) is 2.59. The van der Waals surface area contributed by atoms with E-state index >= 15 is 0 Å². The Labute approximate surface area is 162 Å². The van der Waals surface area contributed by atoms with E-state index in [1.807, 2.05) is 4.90 Å². The van der Waals surface area contributed by atoms with Crippen LogP contribution in [-0.4, -0.2) is 54.6 Å². The van der Waals surface area contributed by atoms with E-state index in [-0.39, 0.29) is 11.3 Å². The number of halogens is 3. The lowest BCUT2D eigenvalue weighted by atomic mass is 9.69. The molecule has 6 heteroatoms. The highest BCUT2D eigenvalue weighted by Crippen LogP contribution is 2.41. The molecule has 0 spiro atoms. The van der Waals surface area contributed by atoms with Gasteiger partial charge >= 0.3 is 6.18 Å². The molecule has 0 aromatic carbocycles. The Balaban J connectivity index is 1.73. The van der Waals surface area contributed by atoms with Gasteiger partial charge in [-0.1, -0.05) is 20.8 Å². The van der Waals surface area contributed by atoms with Gasteiger partial charge in [-0.15, -0.1) is 0 Å². The maximum Gasteiger partial charge on any atom is 0.401 e. The fraction of sp³-hybridized carbons (Fsp3) is 0.952. The zero-order chi connectivity index (χ0) is 20.2. The van der Waals surface area contributed by atoms with E-state index in [9.17, 15) is 18.0 Å². The molecule has 0 radical (unpaired) electrons. The molecule has 1 amide bonds. The lowest BCUT2D eigenvalue weighted by molar-refractivity contribution is -0.149. The number of carbonyl (C=O) groups is 1. The van der Waals surface area contributed by atoms with Crippen molar-refractivity contribution >= 4 is 5.91 Å². The molecule has 2 saturated heterocycles. The third kappa shape index (κ3) is 6.95. The Morgan fingerprint density at radius 2 is 1.59 bits per heavy atom. The van der Waals surface area contributed by atoms with Crippen molar-refractivity contribution in [1.29, 1.82) is 0 Å². The lowest BCUT2D eigenvalue weighted by Gasteiger charge is -2.42. The molecule has 2 heterocycles. The van der Waals surface area contributed by atoms with Crippen molar-refractivity contribution in [1.82, 2.24) is 9.80 Å². The summed E-state index contributed by atoms with van der Waals surface area (Å²) < 4.78 is 37.6. The van der Waals surface area contributed by atoms with Crippen LogP contribution in [0.15, 0.2) is 0 Å². The predicted octanol–water partition coefficient (Wildman–Crippen LogP) is 4.96. The molecule has 3 nitrogen and oxygen atoms in total. The number of alkyl halides is 3. The molecule has 1 atom stereocenters. The van der Waals surface area contributed by atoms with Crippen molar-refractivity contribution in [3.05, 3.63) is 0 Å². The lowest BCUT2D eigenvalue weighted by Crippen LogP contribution is -2.42. The van der Waals surface area contributed by atoms with Gasteiger partial charge in [0.1, 0.15) is 0 Å². The summed E-state index contributed by atoms with van der Waals surface area (Å²) in [5.41, 5.74) is 0.258. The molecule has 0 aromatic heterocycles. The summed E-state index contributed by atoms with van der Waals surface area (Å²) in [6.45, 7) is 10.7. The molecule has 27 heavy (non-hydrogen) atoms.